The number of nitrogens with zero attached hydrogens (tertiary/aromatic N) is 1. The molecule has 0 aliphatic carbocycles. The summed E-state index contributed by atoms with van der Waals surface area (Å²) in [4.78, 5) is 27.2. The third kappa shape index (κ3) is 4.21. The SMILES string of the molecule is O=C(OCC(=O)N(c1ccccc1)C1CCS(=O)(=O)C1)c1sc2ccccc2c1Cl. The molecule has 0 N–H and O–H groups in total. The molecule has 1 aromatic heterocycles. The van der Waals surface area contributed by atoms with E-state index in [1.54, 1.807) is 30.3 Å². The molecule has 6 nitrogen and oxygen atoms in total. The Balaban J connectivity index is 1.52. The van der Waals surface area contributed by atoms with Gasteiger partial charge in [0.25, 0.3) is 5.91 Å². The molecule has 1 atom stereocenters. The smallest absolute Gasteiger partial charge is 0.350 e. The van der Waals surface area contributed by atoms with Crippen LogP contribution in [-0.2, 0) is 19.4 Å². The number of para-hydroxylation sites is 1. The van der Waals surface area contributed by atoms with Crippen LogP contribution in [0.3, 0.4) is 0 Å². The molecule has 2 heterocycles. The standard InChI is InChI=1S/C21H18ClNO5S2/c22-19-16-8-4-5-9-17(16)29-20(19)21(25)28-12-18(24)23(14-6-2-1-3-7-14)15-10-11-30(26,27)13-15/h1-9,15H,10-13H2. The first kappa shape index (κ1) is 20.8. The van der Waals surface area contributed by atoms with Crippen molar-refractivity contribution in [3.05, 3.63) is 64.5 Å². The Morgan fingerprint density at radius 1 is 1.10 bits per heavy atom. The molecule has 30 heavy (non-hydrogen) atoms. The zero-order valence-electron chi connectivity index (χ0n) is 15.8. The second kappa shape index (κ2) is 8.37. The number of ether oxygens (including phenoxy) is 1. The minimum absolute atomic E-state index is 0.0332. The summed E-state index contributed by atoms with van der Waals surface area (Å²) in [7, 11) is -3.19. The molecule has 0 spiro atoms. The number of sulfone groups is 1. The predicted octanol–water partition coefficient (Wildman–Crippen LogP) is 3.93. The molecule has 4 rings (SSSR count). The molecule has 2 aromatic carbocycles. The second-order valence-corrected chi connectivity index (χ2v) is 10.6. The fourth-order valence-electron chi connectivity index (χ4n) is 3.53. The zero-order chi connectivity index (χ0) is 21.3. The van der Waals surface area contributed by atoms with E-state index in [2.05, 4.69) is 0 Å². The van der Waals surface area contributed by atoms with E-state index in [-0.39, 0.29) is 16.4 Å². The number of amides is 1. The molecule has 3 aromatic rings. The highest BCUT2D eigenvalue weighted by Crippen LogP contribution is 2.35. The summed E-state index contributed by atoms with van der Waals surface area (Å²) < 4.78 is 30.0. The van der Waals surface area contributed by atoms with Crippen LogP contribution in [0.4, 0.5) is 5.69 Å². The maximum absolute atomic E-state index is 13.0. The van der Waals surface area contributed by atoms with Gasteiger partial charge in [0.1, 0.15) is 4.88 Å². The summed E-state index contributed by atoms with van der Waals surface area (Å²) in [5.41, 5.74) is 0.570. The molecule has 0 bridgehead atoms. The highest BCUT2D eigenvalue weighted by Gasteiger charge is 2.36. The van der Waals surface area contributed by atoms with Crippen molar-refractivity contribution >= 4 is 60.4 Å². The quantitative estimate of drug-likeness (QED) is 0.535. The number of hydrogen-bond donors (Lipinski definition) is 0. The lowest BCUT2D eigenvalue weighted by Crippen LogP contribution is -2.43. The highest BCUT2D eigenvalue weighted by atomic mass is 35.5. The summed E-state index contributed by atoms with van der Waals surface area (Å²) in [5, 5.41) is 1.05. The molecule has 156 valence electrons. The van der Waals surface area contributed by atoms with Gasteiger partial charge in [0.05, 0.1) is 22.6 Å². The van der Waals surface area contributed by atoms with Crippen molar-refractivity contribution in [3.8, 4) is 0 Å². The van der Waals surface area contributed by atoms with Gasteiger partial charge in [0.2, 0.25) is 0 Å². The van der Waals surface area contributed by atoms with E-state index >= 15 is 0 Å². The zero-order valence-corrected chi connectivity index (χ0v) is 18.2. The Bertz CT molecular complexity index is 1210. The fourth-order valence-corrected chi connectivity index (χ4v) is 6.64. The number of carbonyl (C=O) groups excluding carboxylic acids is 2. The van der Waals surface area contributed by atoms with Crippen molar-refractivity contribution in [1.29, 1.82) is 0 Å². The van der Waals surface area contributed by atoms with Gasteiger partial charge in [-0.1, -0.05) is 48.0 Å². The van der Waals surface area contributed by atoms with Crippen LogP contribution in [-0.4, -0.2) is 44.4 Å². The molecule has 9 heteroatoms. The maximum atomic E-state index is 13.0. The van der Waals surface area contributed by atoms with E-state index in [0.717, 1.165) is 10.1 Å². The summed E-state index contributed by atoms with van der Waals surface area (Å²) in [5.74, 6) is -1.23. The highest BCUT2D eigenvalue weighted by molar-refractivity contribution is 7.91. The summed E-state index contributed by atoms with van der Waals surface area (Å²) in [6.45, 7) is -0.505. The average Bonchev–Trinajstić information content (AvgIpc) is 3.26. The van der Waals surface area contributed by atoms with Gasteiger partial charge in [-0.25, -0.2) is 13.2 Å². The Hall–Kier alpha value is -2.42. The van der Waals surface area contributed by atoms with E-state index in [4.69, 9.17) is 16.3 Å². The number of thiophene rings is 1. The number of carbonyl (C=O) groups is 2. The molecule has 0 radical (unpaired) electrons. The van der Waals surface area contributed by atoms with Gasteiger partial charge in [-0.2, -0.15) is 0 Å². The fraction of sp³-hybridized carbons (Fsp3) is 0.238. The summed E-state index contributed by atoms with van der Waals surface area (Å²) in [6.07, 6.45) is 0.346. The Kier molecular flexibility index (Phi) is 5.81. The van der Waals surface area contributed by atoms with Gasteiger partial charge < -0.3 is 9.64 Å². The first-order chi connectivity index (χ1) is 14.4. The van der Waals surface area contributed by atoms with E-state index < -0.39 is 34.4 Å². The number of halogens is 1. The number of esters is 1. The van der Waals surface area contributed by atoms with Crippen LogP contribution >= 0.6 is 22.9 Å². The molecule has 0 saturated carbocycles. The van der Waals surface area contributed by atoms with E-state index in [9.17, 15) is 18.0 Å². The second-order valence-electron chi connectivity index (χ2n) is 6.97. The van der Waals surface area contributed by atoms with Crippen molar-refractivity contribution in [2.24, 2.45) is 0 Å². The van der Waals surface area contributed by atoms with Gasteiger partial charge in [-0.15, -0.1) is 11.3 Å². The van der Waals surface area contributed by atoms with Gasteiger partial charge >= 0.3 is 5.97 Å². The summed E-state index contributed by atoms with van der Waals surface area (Å²) in [6, 6.07) is 15.6. The van der Waals surface area contributed by atoms with Crippen molar-refractivity contribution in [2.75, 3.05) is 23.0 Å². The van der Waals surface area contributed by atoms with Crippen molar-refractivity contribution in [2.45, 2.75) is 12.5 Å². The molecular weight excluding hydrogens is 446 g/mol. The van der Waals surface area contributed by atoms with Crippen LogP contribution in [0.5, 0.6) is 0 Å². The first-order valence-corrected chi connectivity index (χ1v) is 12.3. The van der Waals surface area contributed by atoms with E-state index in [0.29, 0.717) is 17.1 Å². The third-order valence-corrected chi connectivity index (χ3v) is 8.33. The van der Waals surface area contributed by atoms with E-state index in [1.165, 1.54) is 16.2 Å². The molecule has 1 saturated heterocycles. The minimum Gasteiger partial charge on any atom is -0.451 e. The normalized spacial score (nSPS) is 17.7. The first-order valence-electron chi connectivity index (χ1n) is 9.27. The summed E-state index contributed by atoms with van der Waals surface area (Å²) >= 11 is 7.51. The third-order valence-electron chi connectivity index (χ3n) is 4.92. The predicted molar refractivity (Wildman–Crippen MR) is 118 cm³/mol. The molecule has 1 amide bonds. The lowest BCUT2D eigenvalue weighted by molar-refractivity contribution is -0.122. The Morgan fingerprint density at radius 3 is 2.47 bits per heavy atom. The number of benzene rings is 2. The lowest BCUT2D eigenvalue weighted by atomic mass is 10.2. The van der Waals surface area contributed by atoms with Crippen LogP contribution in [0.15, 0.2) is 54.6 Å². The lowest BCUT2D eigenvalue weighted by Gasteiger charge is -2.28. The van der Waals surface area contributed by atoms with Gasteiger partial charge in [0.15, 0.2) is 16.4 Å². The number of hydrogen-bond acceptors (Lipinski definition) is 6. The number of rotatable bonds is 5. The van der Waals surface area contributed by atoms with Gasteiger partial charge in [0, 0.05) is 15.8 Å². The van der Waals surface area contributed by atoms with Crippen LogP contribution in [0.1, 0.15) is 16.1 Å². The molecular formula is C21H18ClNO5S2. The molecule has 1 fully saturated rings. The van der Waals surface area contributed by atoms with Crippen LogP contribution < -0.4 is 4.90 Å². The average molecular weight is 464 g/mol. The number of anilines is 1. The molecule has 1 aliphatic heterocycles. The molecule has 1 aliphatic rings. The van der Waals surface area contributed by atoms with Gasteiger partial charge in [-0.3, -0.25) is 4.79 Å². The van der Waals surface area contributed by atoms with Crippen molar-refractivity contribution < 1.29 is 22.7 Å². The monoisotopic (exact) mass is 463 g/mol. The van der Waals surface area contributed by atoms with Crippen LogP contribution in [0, 0.1) is 0 Å². The van der Waals surface area contributed by atoms with Crippen LogP contribution in [0.25, 0.3) is 10.1 Å². The minimum atomic E-state index is -3.19. The van der Waals surface area contributed by atoms with Crippen molar-refractivity contribution in [3.63, 3.8) is 0 Å². The largest absolute Gasteiger partial charge is 0.451 e. The molecule has 1 unspecified atom stereocenters. The maximum Gasteiger partial charge on any atom is 0.350 e. The van der Waals surface area contributed by atoms with Crippen LogP contribution in [0.2, 0.25) is 5.02 Å². The van der Waals surface area contributed by atoms with E-state index in [1.807, 2.05) is 24.3 Å². The van der Waals surface area contributed by atoms with Crippen molar-refractivity contribution in [1.82, 2.24) is 0 Å². The Morgan fingerprint density at radius 2 is 1.80 bits per heavy atom. The van der Waals surface area contributed by atoms with Gasteiger partial charge in [-0.05, 0) is 24.6 Å². The Labute approximate surface area is 182 Å². The topological polar surface area (TPSA) is 80.8 Å². The number of fused-ring (bicyclic) bond motifs is 1.